The van der Waals surface area contributed by atoms with Gasteiger partial charge in [0.05, 0.1) is 33.0 Å². The van der Waals surface area contributed by atoms with Crippen molar-refractivity contribution in [1.29, 1.82) is 0 Å². The van der Waals surface area contributed by atoms with Gasteiger partial charge in [-0.2, -0.15) is 0 Å². The molecule has 4 bridgehead atoms. The van der Waals surface area contributed by atoms with Crippen LogP contribution in [0.25, 0.3) is 0 Å². The van der Waals surface area contributed by atoms with Crippen molar-refractivity contribution in [2.24, 2.45) is 52.2 Å². The number of rotatable bonds is 73. The fraction of sp³-hybridized carbons (Fsp3) is 1.00. The van der Waals surface area contributed by atoms with Gasteiger partial charge in [-0.3, -0.25) is 0 Å². The molecular formula is C104H247N19O3. The van der Waals surface area contributed by atoms with Crippen molar-refractivity contribution in [1.82, 2.24) is 84.7 Å². The Morgan fingerprint density at radius 2 is 0.603 bits per heavy atom. The van der Waals surface area contributed by atoms with Crippen molar-refractivity contribution in [3.05, 3.63) is 0 Å². The number of unbranched alkanes of at least 4 members (excludes halogenated alkanes) is 17. The van der Waals surface area contributed by atoms with Crippen LogP contribution < -0.4 is 97.0 Å². The molecule has 22 heteroatoms. The van der Waals surface area contributed by atoms with Crippen LogP contribution in [-0.4, -0.2) is 284 Å². The third kappa shape index (κ3) is 151. The predicted molar refractivity (Wildman–Crippen MR) is 574 cm³/mol. The first-order chi connectivity index (χ1) is 61.0. The van der Waals surface area contributed by atoms with Crippen molar-refractivity contribution in [3.63, 3.8) is 0 Å². The maximum atomic E-state index is 5.93. The van der Waals surface area contributed by atoms with Crippen molar-refractivity contribution in [2.45, 2.75) is 387 Å². The first-order valence-corrected chi connectivity index (χ1v) is 53.7. The molecule has 0 aromatic heterocycles. The summed E-state index contributed by atoms with van der Waals surface area (Å²) in [5, 5.41) is 47.6. The van der Waals surface area contributed by atoms with Gasteiger partial charge in [0.25, 0.3) is 0 Å². The summed E-state index contributed by atoms with van der Waals surface area (Å²) in [6.07, 6.45) is 51.4. The molecular weight excluding hydrogens is 1560 g/mol. The third-order valence-corrected chi connectivity index (χ3v) is 21.8. The minimum absolute atomic E-state index is 0.619. The van der Waals surface area contributed by atoms with E-state index in [9.17, 15) is 0 Å². The van der Waals surface area contributed by atoms with Crippen LogP contribution in [0.15, 0.2) is 0 Å². The van der Waals surface area contributed by atoms with Crippen LogP contribution in [0.3, 0.4) is 0 Å². The van der Waals surface area contributed by atoms with E-state index in [-0.39, 0.29) is 0 Å². The largest absolute Gasteiger partial charge is 0.379 e. The average Bonchev–Trinajstić information content (AvgIpc) is 0.756. The monoisotopic (exact) mass is 1810 g/mol. The molecule has 126 heavy (non-hydrogen) atoms. The van der Waals surface area contributed by atoms with Gasteiger partial charge in [0.2, 0.25) is 0 Å². The summed E-state index contributed by atoms with van der Waals surface area (Å²) in [7, 11) is 19.9. The number of hydrogen-bond donors (Lipinski definition) is 18. The molecule has 0 aromatic rings. The van der Waals surface area contributed by atoms with Gasteiger partial charge in [-0.25, -0.2) is 0 Å². The lowest BCUT2D eigenvalue weighted by Crippen LogP contribution is -2.49. The number of nitrogens with two attached hydrogens (primary N) is 3. The third-order valence-electron chi connectivity index (χ3n) is 21.8. The number of nitrogens with zero attached hydrogens (tertiary/aromatic N) is 1. The summed E-state index contributed by atoms with van der Waals surface area (Å²) in [5.41, 5.74) is 17.5. The highest BCUT2D eigenvalue weighted by molar-refractivity contribution is 5.01. The Morgan fingerprint density at radius 1 is 0.302 bits per heavy atom. The van der Waals surface area contributed by atoms with E-state index >= 15 is 0 Å². The van der Waals surface area contributed by atoms with Crippen molar-refractivity contribution >= 4 is 0 Å². The molecule has 0 amide bonds. The number of nitrogens with one attached hydrogen (secondary N) is 15. The van der Waals surface area contributed by atoms with Gasteiger partial charge in [-0.05, 0) is 358 Å². The van der Waals surface area contributed by atoms with Crippen LogP contribution in [0.5, 0.6) is 0 Å². The molecule has 0 heterocycles. The van der Waals surface area contributed by atoms with Crippen LogP contribution in [0.4, 0.5) is 0 Å². The van der Waals surface area contributed by atoms with Gasteiger partial charge in [-0.1, -0.05) is 247 Å². The zero-order chi connectivity index (χ0) is 96.8. The van der Waals surface area contributed by atoms with E-state index in [1.165, 1.54) is 270 Å². The summed E-state index contributed by atoms with van der Waals surface area (Å²) >= 11 is 0. The van der Waals surface area contributed by atoms with Gasteiger partial charge in [0.1, 0.15) is 0 Å². The molecule has 1 unspecified atom stereocenters. The second kappa shape index (κ2) is 137. The summed E-state index contributed by atoms with van der Waals surface area (Å²) in [4.78, 5) is 2.38. The second-order valence-corrected chi connectivity index (χ2v) is 36.5. The smallest absolute Gasteiger partial charge is 0.0701 e. The number of ether oxygens (including phenoxy) is 3. The molecule has 776 valence electrons. The van der Waals surface area contributed by atoms with Gasteiger partial charge < -0.3 is 116 Å². The van der Waals surface area contributed by atoms with Crippen LogP contribution in [0.2, 0.25) is 0 Å². The highest BCUT2D eigenvalue weighted by Crippen LogP contribution is 2.59. The standard InChI is InChI=1S/C11H19N.C10H23N.C9H23N3.C9H22N2.C9H21NO2.2C9H21N.C8H19N.C7H18N2.C7H17N.C6H16N2O.C5H14N2.C5H13N/c12-7-11-4-8-1-9(5-11)3-10(2-8)6-11;1-2-3-4-5-6-7-8-9-10-11;1-10-6-4-8-12(3)9-5-7-11-2;1-8(2)10-6-5-7-11-9(3)4;1-3-4-6-11-8-9-12-7-5-10-2;1-8(2)6-5-7-10-9(3)4;1-3-4-5-6-7-8-9-10-2;1-3-5-6-8(4-2)7-9;1-3-8-6-5-7-9-4-2;1-3-5-6-7-8-4-2;1-7-3-5-9-6-4-8-2;1-6-4-3-5-7-2;1-3-4-5-6-2/h8-10H,1-7,12H2;2-11H2,1H3;10-11H,4-9H2,1-3H3;8-11H,5-7H2,1-4H3;10H,3-9H2,1-2H3;8-10H,5-7H2,1-4H3;10H,3-9H2,1-2H3;8H,3-7,9H2,1-2H3;8-9H,3-7H2,1-2H3;8H,3-7H2,1-2H3;7-8H,3-6H2,1-2H3;6-7H,3-5H2,1-2H3;6H,3-5H2,1-2H3. The lowest BCUT2D eigenvalue weighted by atomic mass is 9.50. The van der Waals surface area contributed by atoms with Crippen molar-refractivity contribution < 1.29 is 14.2 Å². The second-order valence-electron chi connectivity index (χ2n) is 36.5. The molecule has 0 radical (unpaired) electrons. The van der Waals surface area contributed by atoms with Gasteiger partial charge in [-0.15, -0.1) is 0 Å². The van der Waals surface area contributed by atoms with E-state index in [4.69, 9.17) is 31.4 Å². The van der Waals surface area contributed by atoms with Crippen LogP contribution in [0, 0.1) is 35.0 Å². The predicted octanol–water partition coefficient (Wildman–Crippen LogP) is 17.6. The highest BCUT2D eigenvalue weighted by atomic mass is 16.5. The van der Waals surface area contributed by atoms with E-state index in [0.717, 1.165) is 187 Å². The van der Waals surface area contributed by atoms with Crippen molar-refractivity contribution in [3.8, 4) is 0 Å². The van der Waals surface area contributed by atoms with Crippen LogP contribution >= 0.6 is 0 Å². The normalized spacial score (nSPS) is 15.0. The Labute approximate surface area is 794 Å². The zero-order valence-electron chi connectivity index (χ0n) is 91.4. The lowest BCUT2D eigenvalue weighted by molar-refractivity contribution is -0.0468. The SMILES string of the molecule is CC(C)CCCNC(C)C.CC(C)NCCCNC(C)C.CCCCC(CC)CN.CCCCCCCCCCN.CCCCCCCCNC.CCCCCNCC.CCCCNC.CCCCOCCOCCNC.CCNCCCNCC.CNCCCN(C)CCCNC.CNCCCNC.CNCCOCCNC.NCC12CC3CC(CC(C3)C1)C2. The van der Waals surface area contributed by atoms with Gasteiger partial charge in [0.15, 0.2) is 0 Å². The lowest BCUT2D eigenvalue weighted by Gasteiger charge is -2.56. The van der Waals surface area contributed by atoms with Crippen LogP contribution in [-0.2, 0) is 14.2 Å². The summed E-state index contributed by atoms with van der Waals surface area (Å²) in [6.45, 7) is 69.2. The van der Waals surface area contributed by atoms with Gasteiger partial charge in [0, 0.05) is 44.4 Å². The molecule has 4 rings (SSSR count). The van der Waals surface area contributed by atoms with E-state index in [1.807, 2.05) is 63.4 Å². The highest BCUT2D eigenvalue weighted by Gasteiger charge is 2.50. The Bertz CT molecular complexity index is 1570. The zero-order valence-corrected chi connectivity index (χ0v) is 91.4. The minimum atomic E-state index is 0.619. The molecule has 4 aliphatic rings. The van der Waals surface area contributed by atoms with E-state index < -0.39 is 0 Å². The molecule has 0 saturated heterocycles. The first kappa shape index (κ1) is 145. The number of likely N-dealkylation sites (N-methyl/N-ethyl adjacent to an activating group) is 3. The molecule has 4 saturated carbocycles. The maximum absolute atomic E-state index is 5.93. The average molecular weight is 1810 g/mol. The Hall–Kier alpha value is -0.880. The summed E-state index contributed by atoms with van der Waals surface area (Å²) in [5.74, 6) is 4.85. The fourth-order valence-corrected chi connectivity index (χ4v) is 14.2. The molecule has 1 atom stereocenters. The van der Waals surface area contributed by atoms with Crippen LogP contribution in [0.1, 0.15) is 369 Å². The Morgan fingerprint density at radius 3 is 0.937 bits per heavy atom. The molecule has 0 aliphatic heterocycles. The summed E-state index contributed by atoms with van der Waals surface area (Å²) < 4.78 is 15.8. The van der Waals surface area contributed by atoms with E-state index in [0.29, 0.717) is 30.1 Å². The first-order valence-electron chi connectivity index (χ1n) is 53.7. The molecule has 4 aliphatic carbocycles. The maximum Gasteiger partial charge on any atom is 0.0701 e. The molecule has 21 N–H and O–H groups in total. The Kier molecular flexibility index (Phi) is 158. The fourth-order valence-electron chi connectivity index (χ4n) is 14.2. The van der Waals surface area contributed by atoms with Crippen molar-refractivity contribution in [2.75, 3.05) is 261 Å². The molecule has 0 aromatic carbocycles. The minimum Gasteiger partial charge on any atom is -0.379 e. The number of hydrogen-bond acceptors (Lipinski definition) is 22. The molecule has 22 nitrogen and oxygen atoms in total. The Balaban J connectivity index is -0.000000145. The molecule has 4 fully saturated rings. The topological polar surface area (TPSA) is 289 Å². The van der Waals surface area contributed by atoms with Gasteiger partial charge >= 0.3 is 0 Å². The quantitative estimate of drug-likeness (QED) is 0.0252. The van der Waals surface area contributed by atoms with E-state index in [2.05, 4.69) is 216 Å². The van der Waals surface area contributed by atoms with E-state index in [1.54, 1.807) is 0 Å². The molecule has 0 spiro atoms. The summed E-state index contributed by atoms with van der Waals surface area (Å²) in [6, 6.07) is 1.88.